The van der Waals surface area contributed by atoms with Crippen LogP contribution >= 0.6 is 0 Å². The maximum atomic E-state index is 15.0. The number of aromatic nitrogens is 4. The molecule has 0 spiro atoms. The molecule has 5 rings (SSSR count). The number of nitrogens with zero attached hydrogens (tertiary/aromatic N) is 4. The zero-order valence-electron chi connectivity index (χ0n) is 16.9. The molecule has 3 heterocycles. The molecular weight excluding hydrogens is 404 g/mol. The number of para-hydroxylation sites is 1. The third-order valence-electron chi connectivity index (χ3n) is 5.57. The number of rotatable bonds is 3. The Kier molecular flexibility index (Phi) is 4.55. The molecule has 0 radical (unpaired) electrons. The number of aromatic amines is 1. The summed E-state index contributed by atoms with van der Waals surface area (Å²) in [6, 6.07) is 8.79. The van der Waals surface area contributed by atoms with Crippen molar-refractivity contribution in [1.29, 1.82) is 0 Å². The third-order valence-corrected chi connectivity index (χ3v) is 5.57. The van der Waals surface area contributed by atoms with E-state index in [1.54, 1.807) is 6.07 Å². The van der Waals surface area contributed by atoms with Gasteiger partial charge in [0.1, 0.15) is 28.5 Å². The Balaban J connectivity index is 1.72. The van der Waals surface area contributed by atoms with Crippen molar-refractivity contribution in [3.8, 4) is 22.7 Å². The zero-order chi connectivity index (χ0) is 21.7. The Morgan fingerprint density at radius 3 is 2.77 bits per heavy atom. The first-order valence-corrected chi connectivity index (χ1v) is 9.78. The molecule has 0 saturated carbocycles. The van der Waals surface area contributed by atoms with Crippen LogP contribution in [0.3, 0.4) is 0 Å². The highest BCUT2D eigenvalue weighted by Crippen LogP contribution is 2.32. The molecular formula is C22H19F2N5O2. The minimum absolute atomic E-state index is 0.114. The SMILES string of the molecule is COc1cccc(F)c1-n1nc2c(-c3cc4c(cc3F)CCN(C)C4)n[nH]c2cc1=O. The topological polar surface area (TPSA) is 76.0 Å². The largest absolute Gasteiger partial charge is 0.494 e. The van der Waals surface area contributed by atoms with Gasteiger partial charge in [0.25, 0.3) is 5.56 Å². The Morgan fingerprint density at radius 1 is 1.13 bits per heavy atom. The van der Waals surface area contributed by atoms with Gasteiger partial charge in [-0.15, -0.1) is 0 Å². The summed E-state index contributed by atoms with van der Waals surface area (Å²) in [7, 11) is 3.39. The summed E-state index contributed by atoms with van der Waals surface area (Å²) in [5, 5.41) is 11.3. The predicted molar refractivity (Wildman–Crippen MR) is 111 cm³/mol. The van der Waals surface area contributed by atoms with Crippen LogP contribution in [0.4, 0.5) is 8.78 Å². The first-order chi connectivity index (χ1) is 15.0. The van der Waals surface area contributed by atoms with Gasteiger partial charge in [-0.2, -0.15) is 14.9 Å². The minimum Gasteiger partial charge on any atom is -0.494 e. The van der Waals surface area contributed by atoms with Crippen molar-refractivity contribution in [2.75, 3.05) is 20.7 Å². The summed E-state index contributed by atoms with van der Waals surface area (Å²) in [5.74, 6) is -0.928. The van der Waals surface area contributed by atoms with E-state index in [-0.39, 0.29) is 28.2 Å². The number of benzene rings is 2. The van der Waals surface area contributed by atoms with Crippen molar-refractivity contribution in [2.24, 2.45) is 0 Å². The molecule has 0 fully saturated rings. The van der Waals surface area contributed by atoms with E-state index < -0.39 is 17.2 Å². The van der Waals surface area contributed by atoms with Crippen molar-refractivity contribution in [2.45, 2.75) is 13.0 Å². The van der Waals surface area contributed by atoms with Crippen LogP contribution in [0.15, 0.2) is 41.2 Å². The molecule has 1 N–H and O–H groups in total. The lowest BCUT2D eigenvalue weighted by atomic mass is 9.96. The molecule has 2 aromatic carbocycles. The number of methoxy groups -OCH3 is 1. The van der Waals surface area contributed by atoms with Crippen molar-refractivity contribution in [1.82, 2.24) is 24.9 Å². The molecule has 1 aliphatic rings. The van der Waals surface area contributed by atoms with Crippen molar-refractivity contribution >= 4 is 11.0 Å². The summed E-state index contributed by atoms with van der Waals surface area (Å²) in [6.07, 6.45) is 0.773. The number of likely N-dealkylation sites (N-methyl/N-ethyl adjacent to an activating group) is 1. The molecule has 0 bridgehead atoms. The van der Waals surface area contributed by atoms with Gasteiger partial charge in [-0.25, -0.2) is 8.78 Å². The van der Waals surface area contributed by atoms with Crippen LogP contribution in [0.1, 0.15) is 11.1 Å². The van der Waals surface area contributed by atoms with Crippen LogP contribution in [-0.4, -0.2) is 45.6 Å². The van der Waals surface area contributed by atoms with Crippen molar-refractivity contribution < 1.29 is 13.5 Å². The van der Waals surface area contributed by atoms with Crippen LogP contribution in [0, 0.1) is 11.6 Å². The van der Waals surface area contributed by atoms with E-state index in [0.717, 1.165) is 28.8 Å². The van der Waals surface area contributed by atoms with Gasteiger partial charge in [0.05, 0.1) is 12.6 Å². The highest BCUT2D eigenvalue weighted by molar-refractivity contribution is 5.89. The van der Waals surface area contributed by atoms with Gasteiger partial charge in [-0.3, -0.25) is 9.89 Å². The number of fused-ring (bicyclic) bond motifs is 2. The van der Waals surface area contributed by atoms with Gasteiger partial charge in [0.2, 0.25) is 0 Å². The summed E-state index contributed by atoms with van der Waals surface area (Å²) in [6.45, 7) is 1.57. The average Bonchev–Trinajstić information content (AvgIpc) is 3.15. The lowest BCUT2D eigenvalue weighted by molar-refractivity contribution is 0.312. The van der Waals surface area contributed by atoms with Gasteiger partial charge in [0.15, 0.2) is 5.82 Å². The van der Waals surface area contributed by atoms with Gasteiger partial charge < -0.3 is 9.64 Å². The number of hydrogen-bond acceptors (Lipinski definition) is 5. The molecule has 4 aromatic rings. The quantitative estimate of drug-likeness (QED) is 0.548. The predicted octanol–water partition coefficient (Wildman–Crippen LogP) is 3.05. The van der Waals surface area contributed by atoms with Crippen LogP contribution in [0.25, 0.3) is 28.0 Å². The molecule has 1 aliphatic heterocycles. The lowest BCUT2D eigenvalue weighted by Crippen LogP contribution is -2.26. The first kappa shape index (κ1) is 19.4. The highest BCUT2D eigenvalue weighted by Gasteiger charge is 2.22. The molecule has 2 aromatic heterocycles. The molecule has 0 unspecified atom stereocenters. The molecule has 31 heavy (non-hydrogen) atoms. The second-order valence-electron chi connectivity index (χ2n) is 7.61. The fourth-order valence-corrected chi connectivity index (χ4v) is 4.00. The first-order valence-electron chi connectivity index (χ1n) is 9.78. The third kappa shape index (κ3) is 3.17. The molecule has 158 valence electrons. The van der Waals surface area contributed by atoms with Crippen LogP contribution in [0.5, 0.6) is 5.75 Å². The van der Waals surface area contributed by atoms with E-state index in [2.05, 4.69) is 20.2 Å². The highest BCUT2D eigenvalue weighted by atomic mass is 19.1. The Bertz CT molecular complexity index is 1380. The van der Waals surface area contributed by atoms with E-state index in [0.29, 0.717) is 12.1 Å². The number of halogens is 2. The van der Waals surface area contributed by atoms with Crippen LogP contribution < -0.4 is 10.3 Å². The van der Waals surface area contributed by atoms with Gasteiger partial charge in [0, 0.05) is 24.7 Å². The Morgan fingerprint density at radius 2 is 1.97 bits per heavy atom. The minimum atomic E-state index is -0.665. The molecule has 7 nitrogen and oxygen atoms in total. The summed E-state index contributed by atoms with van der Waals surface area (Å²) < 4.78 is 35.7. The number of hydrogen-bond donors (Lipinski definition) is 1. The van der Waals surface area contributed by atoms with Crippen LogP contribution in [0.2, 0.25) is 0 Å². The van der Waals surface area contributed by atoms with E-state index in [9.17, 15) is 9.18 Å². The van der Waals surface area contributed by atoms with Gasteiger partial charge in [-0.05, 0) is 48.9 Å². The van der Waals surface area contributed by atoms with Gasteiger partial charge in [-0.1, -0.05) is 6.07 Å². The van der Waals surface area contributed by atoms with Crippen molar-refractivity contribution in [3.05, 3.63) is 69.5 Å². The normalized spacial score (nSPS) is 14.1. The van der Waals surface area contributed by atoms with Gasteiger partial charge >= 0.3 is 0 Å². The number of ether oxygens (including phenoxy) is 1. The molecule has 0 aliphatic carbocycles. The van der Waals surface area contributed by atoms with E-state index in [1.807, 2.05) is 7.05 Å². The van der Waals surface area contributed by atoms with E-state index in [4.69, 9.17) is 4.74 Å². The fourth-order valence-electron chi connectivity index (χ4n) is 4.00. The smallest absolute Gasteiger partial charge is 0.273 e. The lowest BCUT2D eigenvalue weighted by Gasteiger charge is -2.25. The molecule has 0 amide bonds. The summed E-state index contributed by atoms with van der Waals surface area (Å²) in [4.78, 5) is 14.8. The number of nitrogens with one attached hydrogen (secondary N) is 1. The second-order valence-corrected chi connectivity index (χ2v) is 7.61. The Labute approximate surface area is 175 Å². The molecule has 9 heteroatoms. The van der Waals surface area contributed by atoms with E-state index >= 15 is 4.39 Å². The van der Waals surface area contributed by atoms with Crippen LogP contribution in [-0.2, 0) is 13.0 Å². The van der Waals surface area contributed by atoms with E-state index in [1.165, 1.54) is 37.4 Å². The average molecular weight is 423 g/mol. The monoisotopic (exact) mass is 423 g/mol. The maximum Gasteiger partial charge on any atom is 0.273 e. The summed E-state index contributed by atoms with van der Waals surface area (Å²) >= 11 is 0. The molecule has 0 atom stereocenters. The maximum absolute atomic E-state index is 15.0. The zero-order valence-corrected chi connectivity index (χ0v) is 16.9. The Hall–Kier alpha value is -3.59. The number of H-pyrrole nitrogens is 1. The standard InChI is InChI=1S/C22H19F2N5O2/c1-28-7-6-12-9-16(24)14(8-13(12)11-28)20-21-17(25-26-20)10-19(30)29(27-21)22-15(23)4-3-5-18(22)31-2/h3-5,8-10,25H,6-7,11H2,1-2H3. The summed E-state index contributed by atoms with van der Waals surface area (Å²) in [5.41, 5.74) is 2.43. The fraction of sp³-hybridized carbons (Fsp3) is 0.227. The molecule has 0 saturated heterocycles. The second kappa shape index (κ2) is 7.28. The van der Waals surface area contributed by atoms with Crippen molar-refractivity contribution in [3.63, 3.8) is 0 Å².